The molecular formula is C19H20Cl2N2O5S. The van der Waals surface area contributed by atoms with E-state index in [-0.39, 0.29) is 21.9 Å². The SMILES string of the molecule is COC(=O)CC(NC(=O)c1ccc(Cl)c(S(=O)(=O)N(C)C)c1)c1ccc(Cl)cc1. The van der Waals surface area contributed by atoms with E-state index in [2.05, 4.69) is 5.32 Å². The van der Waals surface area contributed by atoms with Gasteiger partial charge in [0.15, 0.2) is 0 Å². The van der Waals surface area contributed by atoms with Gasteiger partial charge in [-0.25, -0.2) is 12.7 Å². The van der Waals surface area contributed by atoms with Crippen LogP contribution in [-0.2, 0) is 19.6 Å². The Morgan fingerprint density at radius 3 is 2.28 bits per heavy atom. The van der Waals surface area contributed by atoms with Crippen molar-refractivity contribution in [2.24, 2.45) is 0 Å². The van der Waals surface area contributed by atoms with Gasteiger partial charge in [0.1, 0.15) is 4.90 Å². The minimum absolute atomic E-state index is 0.000869. The molecule has 29 heavy (non-hydrogen) atoms. The van der Waals surface area contributed by atoms with Crippen molar-refractivity contribution in [3.05, 3.63) is 63.6 Å². The number of sulfonamides is 1. The third-order valence-electron chi connectivity index (χ3n) is 4.13. The molecule has 156 valence electrons. The summed E-state index contributed by atoms with van der Waals surface area (Å²) in [5.41, 5.74) is 0.724. The predicted molar refractivity (Wildman–Crippen MR) is 111 cm³/mol. The molecule has 1 unspecified atom stereocenters. The quantitative estimate of drug-likeness (QED) is 0.642. The monoisotopic (exact) mass is 458 g/mol. The molecule has 0 aromatic heterocycles. The molecule has 1 amide bonds. The Labute approximate surface area is 179 Å². The summed E-state index contributed by atoms with van der Waals surface area (Å²) in [4.78, 5) is 24.4. The lowest BCUT2D eigenvalue weighted by atomic mass is 10.0. The van der Waals surface area contributed by atoms with Gasteiger partial charge < -0.3 is 10.1 Å². The summed E-state index contributed by atoms with van der Waals surface area (Å²) >= 11 is 11.9. The van der Waals surface area contributed by atoms with Crippen LogP contribution in [0.25, 0.3) is 0 Å². The summed E-state index contributed by atoms with van der Waals surface area (Å²) in [5.74, 6) is -1.09. The van der Waals surface area contributed by atoms with E-state index in [9.17, 15) is 18.0 Å². The second kappa shape index (κ2) is 9.58. The molecule has 0 fully saturated rings. The van der Waals surface area contributed by atoms with Crippen LogP contribution in [-0.4, -0.2) is 45.8 Å². The van der Waals surface area contributed by atoms with Crippen molar-refractivity contribution in [2.45, 2.75) is 17.4 Å². The van der Waals surface area contributed by atoms with Gasteiger partial charge in [-0.15, -0.1) is 0 Å². The summed E-state index contributed by atoms with van der Waals surface area (Å²) < 4.78 is 30.6. The Hall–Kier alpha value is -2.13. The van der Waals surface area contributed by atoms with Crippen LogP contribution in [0.4, 0.5) is 0 Å². The molecule has 0 saturated heterocycles. The van der Waals surface area contributed by atoms with Gasteiger partial charge in [0.05, 0.1) is 24.6 Å². The molecular weight excluding hydrogens is 439 g/mol. The number of carbonyl (C=O) groups excluding carboxylic acids is 2. The first kappa shape index (κ1) is 23.2. The van der Waals surface area contributed by atoms with Gasteiger partial charge >= 0.3 is 5.97 Å². The molecule has 1 N–H and O–H groups in total. The van der Waals surface area contributed by atoms with E-state index >= 15 is 0 Å². The van der Waals surface area contributed by atoms with Crippen LogP contribution in [0.1, 0.15) is 28.4 Å². The summed E-state index contributed by atoms with van der Waals surface area (Å²) in [6, 6.07) is 9.88. The largest absolute Gasteiger partial charge is 0.469 e. The van der Waals surface area contributed by atoms with Gasteiger partial charge in [0, 0.05) is 24.7 Å². The Bertz CT molecular complexity index is 1010. The van der Waals surface area contributed by atoms with Crippen molar-refractivity contribution >= 4 is 45.1 Å². The summed E-state index contributed by atoms with van der Waals surface area (Å²) in [6.07, 6.45) is -0.111. The second-order valence-electron chi connectivity index (χ2n) is 6.29. The van der Waals surface area contributed by atoms with E-state index in [0.29, 0.717) is 10.6 Å². The number of nitrogens with one attached hydrogen (secondary N) is 1. The Morgan fingerprint density at radius 2 is 1.72 bits per heavy atom. The van der Waals surface area contributed by atoms with E-state index in [4.69, 9.17) is 27.9 Å². The van der Waals surface area contributed by atoms with Crippen molar-refractivity contribution in [3.63, 3.8) is 0 Å². The summed E-state index contributed by atoms with van der Waals surface area (Å²) in [6.45, 7) is 0. The van der Waals surface area contributed by atoms with Crippen LogP contribution >= 0.6 is 23.2 Å². The molecule has 2 aromatic rings. The first-order chi connectivity index (χ1) is 13.6. The third-order valence-corrected chi connectivity index (χ3v) is 6.68. The highest BCUT2D eigenvalue weighted by molar-refractivity contribution is 7.89. The molecule has 0 saturated carbocycles. The summed E-state index contributed by atoms with van der Waals surface area (Å²) in [5, 5.41) is 3.23. The van der Waals surface area contributed by atoms with Crippen molar-refractivity contribution < 1.29 is 22.7 Å². The Morgan fingerprint density at radius 1 is 1.10 bits per heavy atom. The number of ether oxygens (including phenoxy) is 1. The standard InChI is InChI=1S/C19H20Cl2N2O5S/c1-23(2)29(26,27)17-10-13(6-9-15(17)21)19(25)22-16(11-18(24)28-3)12-4-7-14(20)8-5-12/h4-10,16H,11H2,1-3H3,(H,22,25). The maximum Gasteiger partial charge on any atom is 0.307 e. The highest BCUT2D eigenvalue weighted by Gasteiger charge is 2.24. The molecule has 0 aliphatic heterocycles. The lowest BCUT2D eigenvalue weighted by molar-refractivity contribution is -0.141. The Kier molecular flexibility index (Phi) is 7.65. The van der Waals surface area contributed by atoms with Gasteiger partial charge in [-0.3, -0.25) is 9.59 Å². The van der Waals surface area contributed by atoms with E-state index < -0.39 is 27.9 Å². The van der Waals surface area contributed by atoms with Crippen LogP contribution in [0.5, 0.6) is 0 Å². The van der Waals surface area contributed by atoms with Gasteiger partial charge in [-0.05, 0) is 35.9 Å². The maximum absolute atomic E-state index is 12.8. The average Bonchev–Trinajstić information content (AvgIpc) is 2.67. The number of methoxy groups -OCH3 is 1. The lowest BCUT2D eigenvalue weighted by Crippen LogP contribution is -2.31. The van der Waals surface area contributed by atoms with E-state index in [1.54, 1.807) is 24.3 Å². The molecule has 1 atom stereocenters. The van der Waals surface area contributed by atoms with Crippen LogP contribution in [0.2, 0.25) is 10.0 Å². The van der Waals surface area contributed by atoms with E-state index in [0.717, 1.165) is 4.31 Å². The van der Waals surface area contributed by atoms with Gasteiger partial charge in [-0.1, -0.05) is 35.3 Å². The smallest absolute Gasteiger partial charge is 0.307 e. The molecule has 0 heterocycles. The number of esters is 1. The number of hydrogen-bond acceptors (Lipinski definition) is 5. The average molecular weight is 459 g/mol. The number of amides is 1. The Balaban J connectivity index is 2.36. The minimum atomic E-state index is -3.84. The van der Waals surface area contributed by atoms with Crippen molar-refractivity contribution in [1.82, 2.24) is 9.62 Å². The minimum Gasteiger partial charge on any atom is -0.469 e. The van der Waals surface area contributed by atoms with Crippen LogP contribution in [0.15, 0.2) is 47.4 Å². The van der Waals surface area contributed by atoms with Crippen molar-refractivity contribution in [2.75, 3.05) is 21.2 Å². The molecule has 2 aromatic carbocycles. The highest BCUT2D eigenvalue weighted by atomic mass is 35.5. The number of rotatable bonds is 7. The molecule has 7 nitrogen and oxygen atoms in total. The fourth-order valence-electron chi connectivity index (χ4n) is 2.48. The second-order valence-corrected chi connectivity index (χ2v) is 9.25. The number of carbonyl (C=O) groups is 2. The molecule has 0 aliphatic carbocycles. The molecule has 0 bridgehead atoms. The predicted octanol–water partition coefficient (Wildman–Crippen LogP) is 3.28. The van der Waals surface area contributed by atoms with Crippen molar-refractivity contribution in [3.8, 4) is 0 Å². The zero-order valence-electron chi connectivity index (χ0n) is 16.0. The zero-order valence-corrected chi connectivity index (χ0v) is 18.3. The van der Waals surface area contributed by atoms with Gasteiger partial charge in [0.2, 0.25) is 10.0 Å². The van der Waals surface area contributed by atoms with E-state index in [1.807, 2.05) is 0 Å². The summed E-state index contributed by atoms with van der Waals surface area (Å²) in [7, 11) is 0.144. The first-order valence-corrected chi connectivity index (χ1v) is 10.6. The van der Waals surface area contributed by atoms with Gasteiger partial charge in [-0.2, -0.15) is 0 Å². The molecule has 0 spiro atoms. The maximum atomic E-state index is 12.8. The van der Waals surface area contributed by atoms with Gasteiger partial charge in [0.25, 0.3) is 5.91 Å². The zero-order chi connectivity index (χ0) is 21.8. The fourth-order valence-corrected chi connectivity index (χ4v) is 4.00. The molecule has 2 rings (SSSR count). The number of nitrogens with zero attached hydrogens (tertiary/aromatic N) is 1. The first-order valence-electron chi connectivity index (χ1n) is 8.41. The van der Waals surface area contributed by atoms with E-state index in [1.165, 1.54) is 39.4 Å². The lowest BCUT2D eigenvalue weighted by Gasteiger charge is -2.19. The molecule has 0 aliphatic rings. The van der Waals surface area contributed by atoms with Crippen molar-refractivity contribution in [1.29, 1.82) is 0 Å². The van der Waals surface area contributed by atoms with Crippen LogP contribution < -0.4 is 5.32 Å². The highest BCUT2D eigenvalue weighted by Crippen LogP contribution is 2.26. The topological polar surface area (TPSA) is 92.8 Å². The molecule has 10 heteroatoms. The molecule has 0 radical (unpaired) electrons. The van der Waals surface area contributed by atoms with Crippen LogP contribution in [0.3, 0.4) is 0 Å². The normalized spacial score (nSPS) is 12.5. The van der Waals surface area contributed by atoms with Crippen LogP contribution in [0, 0.1) is 0 Å². The fraction of sp³-hybridized carbons (Fsp3) is 0.263. The number of benzene rings is 2. The number of hydrogen-bond donors (Lipinski definition) is 1. The third kappa shape index (κ3) is 5.70. The number of halogens is 2.